The molecule has 1 aromatic rings. The summed E-state index contributed by atoms with van der Waals surface area (Å²) in [6.07, 6.45) is 22.7. The van der Waals surface area contributed by atoms with E-state index in [4.69, 9.17) is 49.2 Å². The highest BCUT2D eigenvalue weighted by molar-refractivity contribution is 6.01. The Labute approximate surface area is 501 Å². The fraction of sp³-hybridized carbons (Fsp3) is 0.797. The van der Waals surface area contributed by atoms with Gasteiger partial charge in [-0.05, 0) is 52.6 Å². The molecule has 24 nitrogen and oxygen atoms in total. The number of ketones is 3. The van der Waals surface area contributed by atoms with Crippen molar-refractivity contribution in [2.45, 2.75) is 179 Å². The first-order valence-corrected chi connectivity index (χ1v) is 29.1. The van der Waals surface area contributed by atoms with Gasteiger partial charge in [0, 0.05) is 103 Å². The minimum absolute atomic E-state index is 0.00909. The van der Waals surface area contributed by atoms with Crippen LogP contribution in [0.15, 0.2) is 11.3 Å². The zero-order chi connectivity index (χ0) is 64.8. The van der Waals surface area contributed by atoms with E-state index in [1.165, 1.54) is 39.8 Å². The van der Waals surface area contributed by atoms with E-state index in [9.17, 15) is 28.8 Å². The first-order valence-electron chi connectivity index (χ1n) is 29.1. The fourth-order valence-corrected chi connectivity index (χ4v) is 4.94. The number of hydroxylamine groups is 2. The molecule has 0 aromatic carbocycles. The van der Waals surface area contributed by atoms with Crippen LogP contribution in [0.25, 0.3) is 10.4 Å². The lowest BCUT2D eigenvalue weighted by Gasteiger charge is -2.12. The topological polar surface area (TPSA) is 320 Å². The molecule has 1 aliphatic heterocycles. The van der Waals surface area contributed by atoms with Crippen LogP contribution in [0.5, 0.6) is 0 Å². The van der Waals surface area contributed by atoms with E-state index in [1.54, 1.807) is 18.5 Å². The Bertz CT molecular complexity index is 1610. The highest BCUT2D eigenvalue weighted by Crippen LogP contribution is 2.12. The number of carbonyl (C=O) groups is 6. The third kappa shape index (κ3) is 93.5. The molecule has 0 unspecified atom stereocenters. The number of rotatable bonds is 40. The van der Waals surface area contributed by atoms with Crippen molar-refractivity contribution < 1.29 is 71.5 Å². The summed E-state index contributed by atoms with van der Waals surface area (Å²) in [5.41, 5.74) is 18.0. The van der Waals surface area contributed by atoms with Crippen molar-refractivity contribution in [3.05, 3.63) is 22.3 Å². The molecule has 0 bridgehead atoms. The van der Waals surface area contributed by atoms with Gasteiger partial charge in [0.2, 0.25) is 0 Å². The Balaban J connectivity index is -0.000000136. The maximum absolute atomic E-state index is 11.3. The average molecular weight is 1190 g/mol. The van der Waals surface area contributed by atoms with Crippen LogP contribution in [0.3, 0.4) is 0 Å². The van der Waals surface area contributed by atoms with Crippen molar-refractivity contribution in [2.75, 3.05) is 126 Å². The lowest BCUT2D eigenvalue weighted by Crippen LogP contribution is -2.32. The average Bonchev–Trinajstić information content (AvgIpc) is 4.16. The molecule has 1 fully saturated rings. The molecule has 2 amide bonds. The number of amides is 2. The van der Waals surface area contributed by atoms with Crippen molar-refractivity contribution in [1.29, 1.82) is 0 Å². The van der Waals surface area contributed by atoms with Gasteiger partial charge < -0.3 is 54.2 Å². The van der Waals surface area contributed by atoms with Gasteiger partial charge in [-0.3, -0.25) is 28.7 Å². The largest absolute Gasteiger partial charge is 0.379 e. The van der Waals surface area contributed by atoms with Crippen LogP contribution in [-0.2, 0) is 78.5 Å². The van der Waals surface area contributed by atoms with Gasteiger partial charge in [0.25, 0.3) is 11.8 Å². The summed E-state index contributed by atoms with van der Waals surface area (Å²) in [5, 5.41) is 10.9. The number of terminal acetylenes is 2. The zero-order valence-electron chi connectivity index (χ0n) is 54.0. The Hall–Kier alpha value is -5.21. The zero-order valence-corrected chi connectivity index (χ0v) is 54.0. The summed E-state index contributed by atoms with van der Waals surface area (Å²) >= 11 is 0. The fourth-order valence-electron chi connectivity index (χ4n) is 4.94. The second-order valence-electron chi connectivity index (χ2n) is 16.2. The van der Waals surface area contributed by atoms with Crippen LogP contribution in [0.2, 0.25) is 0 Å². The van der Waals surface area contributed by atoms with Gasteiger partial charge in [0.1, 0.15) is 17.3 Å². The van der Waals surface area contributed by atoms with E-state index in [1.807, 2.05) is 61.7 Å². The van der Waals surface area contributed by atoms with E-state index in [0.717, 1.165) is 38.2 Å². The summed E-state index contributed by atoms with van der Waals surface area (Å²) in [6.45, 7) is 30.8. The van der Waals surface area contributed by atoms with Gasteiger partial charge in [-0.25, -0.2) is 4.79 Å². The SMILES string of the molecule is C#CC.C#CC.CC.CCC(=O)CCOCCOCCN.CCCCCOCCOCCC(=O)CC.CCCCCOCCOCCC(=O)CC.CCCOCCOCCC(=O)ON1C(=O)CCC1=O.CN.CN=[N+]=[N-].Cc1cn(C)nn1. The third-order valence-electron chi connectivity index (χ3n) is 9.10. The van der Waals surface area contributed by atoms with Crippen LogP contribution < -0.4 is 11.5 Å². The number of aromatic nitrogens is 3. The normalized spacial score (nSPS) is 10.2. The molecule has 0 saturated carbocycles. The molecule has 1 aromatic heterocycles. The molecule has 4 N–H and O–H groups in total. The van der Waals surface area contributed by atoms with Gasteiger partial charge in [-0.1, -0.05) is 91.4 Å². The highest BCUT2D eigenvalue weighted by atomic mass is 16.7. The lowest BCUT2D eigenvalue weighted by atomic mass is 10.2. The van der Waals surface area contributed by atoms with E-state index in [-0.39, 0.29) is 43.2 Å². The van der Waals surface area contributed by atoms with Gasteiger partial charge >= 0.3 is 5.97 Å². The number of ether oxygens (including phenoxy) is 8. The number of nitrogens with zero attached hydrogens (tertiary/aromatic N) is 7. The Morgan fingerprint density at radius 1 is 0.590 bits per heavy atom. The second-order valence-corrected chi connectivity index (χ2v) is 16.2. The lowest BCUT2D eigenvalue weighted by molar-refractivity contribution is -0.198. The molecule has 0 aliphatic carbocycles. The Morgan fingerprint density at radius 3 is 1.16 bits per heavy atom. The number of imide groups is 1. The van der Waals surface area contributed by atoms with Crippen molar-refractivity contribution in [2.24, 2.45) is 23.6 Å². The van der Waals surface area contributed by atoms with Crippen LogP contribution >= 0.6 is 0 Å². The van der Waals surface area contributed by atoms with E-state index < -0.39 is 17.8 Å². The smallest absolute Gasteiger partial charge is 0.335 e. The van der Waals surface area contributed by atoms with Crippen molar-refractivity contribution in [1.82, 2.24) is 20.1 Å². The molecule has 2 rings (SSSR count). The van der Waals surface area contributed by atoms with E-state index in [0.29, 0.717) is 136 Å². The monoisotopic (exact) mass is 1190 g/mol. The summed E-state index contributed by atoms with van der Waals surface area (Å²) in [7, 11) is 4.74. The van der Waals surface area contributed by atoms with Gasteiger partial charge in [0.15, 0.2) is 0 Å². The predicted octanol–water partition coefficient (Wildman–Crippen LogP) is 8.86. The molecule has 0 radical (unpaired) electrons. The maximum atomic E-state index is 11.3. The first kappa shape index (κ1) is 94.2. The van der Waals surface area contributed by atoms with Gasteiger partial charge in [-0.2, -0.15) is 0 Å². The van der Waals surface area contributed by atoms with Crippen molar-refractivity contribution >= 4 is 35.1 Å². The number of hydrogen-bond donors (Lipinski definition) is 2. The molecule has 1 saturated heterocycles. The Morgan fingerprint density at radius 2 is 0.904 bits per heavy atom. The molecule has 24 heteroatoms. The van der Waals surface area contributed by atoms with Crippen LogP contribution in [0.4, 0.5) is 0 Å². The minimum Gasteiger partial charge on any atom is -0.379 e. The summed E-state index contributed by atoms with van der Waals surface area (Å²) in [6, 6.07) is 0. The predicted molar refractivity (Wildman–Crippen MR) is 328 cm³/mol. The molecular formula is C59H115N9O15. The molecule has 83 heavy (non-hydrogen) atoms. The quantitative estimate of drug-likeness (QED) is 0.0155. The molecule has 486 valence electrons. The van der Waals surface area contributed by atoms with Crippen molar-refractivity contribution in [3.63, 3.8) is 0 Å². The maximum Gasteiger partial charge on any atom is 0.335 e. The van der Waals surface area contributed by atoms with Crippen molar-refractivity contribution in [3.8, 4) is 24.7 Å². The molecule has 2 heterocycles. The molecular weight excluding hydrogens is 1070 g/mol. The number of unbranched alkanes of at least 4 members (excludes halogenated alkanes) is 4. The first-order chi connectivity index (χ1) is 40.1. The van der Waals surface area contributed by atoms with Gasteiger partial charge in [-0.15, -0.1) is 34.8 Å². The Kier molecular flexibility index (Phi) is 99.9. The number of azide groups is 1. The molecule has 0 spiro atoms. The summed E-state index contributed by atoms with van der Waals surface area (Å²) < 4.78 is 43.5. The highest BCUT2D eigenvalue weighted by Gasteiger charge is 2.32. The van der Waals surface area contributed by atoms with E-state index >= 15 is 0 Å². The minimum atomic E-state index is -0.655. The summed E-state index contributed by atoms with van der Waals surface area (Å²) in [5.74, 6) is 3.65. The molecule has 1 aliphatic rings. The molecule has 0 atom stereocenters. The number of carbonyl (C=O) groups excluding carboxylic acids is 6. The van der Waals surface area contributed by atoms with Crippen LogP contribution in [-0.4, -0.2) is 182 Å². The second kappa shape index (κ2) is 88.0. The standard InChI is InChI=1S/C12H19NO6.2C12H24O3.C9H19NO3.C4H7N3.2C3H4.C2H6.CH3N3.CH5N/c1-2-6-17-8-9-18-7-5-12(16)19-13-10(14)3-4-11(13)15;2*1-3-5-6-8-14-10-11-15-9-7-12(13)4-2;1-2-9(11)3-5-12-7-8-13-6-4-10;1-4-3-7(2)6-5-4;2*1-3-2;1-2;1-3-4-2;1-2/h2-9H2,1H3;2*3-11H2,1-2H3;2-8,10H2,1H3;3H,1-2H3;2*1H,2H3;1-2H3;1H3;2H2,1H3. The van der Waals surface area contributed by atoms with Gasteiger partial charge in [0.05, 0.1) is 98.0 Å². The summed E-state index contributed by atoms with van der Waals surface area (Å²) in [4.78, 5) is 73.4. The van der Waals surface area contributed by atoms with E-state index in [2.05, 4.69) is 69.4 Å². The van der Waals surface area contributed by atoms with Crippen LogP contribution in [0, 0.1) is 31.6 Å². The third-order valence-corrected chi connectivity index (χ3v) is 9.10. The number of aryl methyl sites for hydroxylation is 2. The number of hydrogen-bond acceptors (Lipinski definition) is 20. The van der Waals surface area contributed by atoms with Crippen LogP contribution in [0.1, 0.15) is 178 Å². The number of Topliss-reactive ketones (excluding diaryl/α,β-unsaturated/α-hetero) is 3. The number of nitrogens with two attached hydrogens (primary N) is 2.